The number of methoxy groups -OCH3 is 1. The molecule has 1 N–H and O–H groups in total. The van der Waals surface area contributed by atoms with Crippen LogP contribution >= 0.6 is 11.6 Å². The van der Waals surface area contributed by atoms with Crippen LogP contribution < -0.4 is 15.0 Å². The Morgan fingerprint density at radius 3 is 2.57 bits per heavy atom. The van der Waals surface area contributed by atoms with E-state index in [0.29, 0.717) is 23.6 Å². The highest BCUT2D eigenvalue weighted by Gasteiger charge is 2.32. The summed E-state index contributed by atoms with van der Waals surface area (Å²) in [6, 6.07) is 19.9. The Hall–Kier alpha value is -3.03. The van der Waals surface area contributed by atoms with Gasteiger partial charge in [0.15, 0.2) is 9.84 Å². The molecule has 0 aromatic heterocycles. The quantitative estimate of drug-likeness (QED) is 0.471. The van der Waals surface area contributed by atoms with Gasteiger partial charge in [0, 0.05) is 12.2 Å². The highest BCUT2D eigenvalue weighted by molar-refractivity contribution is 7.91. The van der Waals surface area contributed by atoms with Crippen molar-refractivity contribution in [3.63, 3.8) is 0 Å². The van der Waals surface area contributed by atoms with E-state index >= 15 is 0 Å². The fourth-order valence-electron chi connectivity index (χ4n) is 4.42. The number of carbonyl (C=O) groups excluding carboxylic acids is 1. The summed E-state index contributed by atoms with van der Waals surface area (Å²) < 4.78 is 30.6. The molecular formula is C27H29ClN2O4S. The van der Waals surface area contributed by atoms with Crippen molar-refractivity contribution in [2.24, 2.45) is 0 Å². The number of hydrogen-bond acceptors (Lipinski definition) is 5. The molecule has 1 amide bonds. The third-order valence-corrected chi connectivity index (χ3v) is 8.09. The predicted octanol–water partition coefficient (Wildman–Crippen LogP) is 4.76. The molecule has 1 fully saturated rings. The third-order valence-electron chi connectivity index (χ3n) is 6.28. The largest absolute Gasteiger partial charge is 0.495 e. The maximum absolute atomic E-state index is 13.1. The number of rotatable bonds is 8. The van der Waals surface area contributed by atoms with E-state index in [0.717, 1.165) is 35.3 Å². The summed E-state index contributed by atoms with van der Waals surface area (Å²) in [4.78, 5) is 15.4. The number of nitrogens with zero attached hydrogens (tertiary/aromatic N) is 1. The molecule has 3 aromatic rings. The molecule has 0 spiro atoms. The topological polar surface area (TPSA) is 75.7 Å². The fraction of sp³-hybridized carbons (Fsp3) is 0.296. The second-order valence-electron chi connectivity index (χ2n) is 8.74. The monoisotopic (exact) mass is 512 g/mol. The molecule has 0 radical (unpaired) electrons. The van der Waals surface area contributed by atoms with E-state index in [2.05, 4.69) is 10.2 Å². The molecule has 1 atom stereocenters. The van der Waals surface area contributed by atoms with Gasteiger partial charge >= 0.3 is 0 Å². The van der Waals surface area contributed by atoms with Crippen molar-refractivity contribution < 1.29 is 17.9 Å². The van der Waals surface area contributed by atoms with Crippen LogP contribution in [0.5, 0.6) is 5.75 Å². The van der Waals surface area contributed by atoms with Gasteiger partial charge in [-0.15, -0.1) is 0 Å². The van der Waals surface area contributed by atoms with Gasteiger partial charge in [0.1, 0.15) is 17.7 Å². The van der Waals surface area contributed by atoms with Crippen LogP contribution in [0.25, 0.3) is 0 Å². The predicted molar refractivity (Wildman–Crippen MR) is 139 cm³/mol. The number of hydrogen-bond donors (Lipinski definition) is 1. The van der Waals surface area contributed by atoms with Crippen molar-refractivity contribution in [3.05, 3.63) is 88.4 Å². The second-order valence-corrected chi connectivity index (χ2v) is 11.1. The Morgan fingerprint density at radius 2 is 1.86 bits per heavy atom. The van der Waals surface area contributed by atoms with Crippen molar-refractivity contribution in [3.8, 4) is 5.75 Å². The molecule has 1 saturated heterocycles. The van der Waals surface area contributed by atoms with E-state index in [-0.39, 0.29) is 10.8 Å². The fourth-order valence-corrected chi connectivity index (χ4v) is 5.75. The van der Waals surface area contributed by atoms with Crippen molar-refractivity contribution in [2.45, 2.75) is 37.1 Å². The smallest absolute Gasteiger partial charge is 0.243 e. The zero-order chi connectivity index (χ0) is 25.0. The minimum Gasteiger partial charge on any atom is -0.495 e. The lowest BCUT2D eigenvalue weighted by Gasteiger charge is -2.28. The van der Waals surface area contributed by atoms with Gasteiger partial charge in [-0.1, -0.05) is 53.6 Å². The van der Waals surface area contributed by atoms with Crippen LogP contribution in [0, 0.1) is 6.92 Å². The van der Waals surface area contributed by atoms with Crippen molar-refractivity contribution in [1.29, 1.82) is 0 Å². The highest BCUT2D eigenvalue weighted by Crippen LogP contribution is 2.32. The summed E-state index contributed by atoms with van der Waals surface area (Å²) in [7, 11) is -2.03. The zero-order valence-corrected chi connectivity index (χ0v) is 21.4. The SMILES string of the molecule is COc1ccc(Cc2ccccc2N2CCCC2C(=O)NCS(=O)(=O)c2ccc(C)cc2)cc1Cl. The molecule has 0 bridgehead atoms. The number of sulfone groups is 1. The molecule has 6 nitrogen and oxygen atoms in total. The first-order chi connectivity index (χ1) is 16.8. The first-order valence-electron chi connectivity index (χ1n) is 11.5. The van der Waals surface area contributed by atoms with E-state index < -0.39 is 21.8 Å². The van der Waals surface area contributed by atoms with Crippen molar-refractivity contribution in [1.82, 2.24) is 5.32 Å². The number of aryl methyl sites for hydroxylation is 1. The molecule has 184 valence electrons. The Kier molecular flexibility index (Phi) is 7.67. The number of nitrogens with one attached hydrogen (secondary N) is 1. The standard InChI is InChI=1S/C27H29ClN2O4S/c1-19-9-12-22(13-10-19)35(32,33)18-29-27(31)25-8-5-15-30(25)24-7-4-3-6-21(24)16-20-11-14-26(34-2)23(28)17-20/h3-4,6-7,9-14,17,25H,5,8,15-16,18H2,1-2H3,(H,29,31). The minimum atomic E-state index is -3.62. The van der Waals surface area contributed by atoms with Crippen LogP contribution in [0.15, 0.2) is 71.6 Å². The van der Waals surface area contributed by atoms with Crippen molar-refractivity contribution >= 4 is 33.0 Å². The molecule has 0 aliphatic carbocycles. The Balaban J connectivity index is 1.49. The number of ether oxygens (including phenoxy) is 1. The summed E-state index contributed by atoms with van der Waals surface area (Å²) in [5.74, 6) is -0.0772. The van der Waals surface area contributed by atoms with Crippen LogP contribution in [-0.4, -0.2) is 39.9 Å². The number of carbonyl (C=O) groups is 1. The van der Waals surface area contributed by atoms with E-state index in [1.54, 1.807) is 31.4 Å². The first kappa shape index (κ1) is 25.1. The zero-order valence-electron chi connectivity index (χ0n) is 19.8. The number of halogens is 1. The second kappa shape index (κ2) is 10.7. The summed E-state index contributed by atoms with van der Waals surface area (Å²) >= 11 is 6.31. The van der Waals surface area contributed by atoms with Crippen LogP contribution in [-0.2, 0) is 21.1 Å². The summed E-state index contributed by atoms with van der Waals surface area (Å²) in [6.45, 7) is 2.62. The number of anilines is 1. The van der Waals surface area contributed by atoms with Gasteiger partial charge in [-0.05, 0) is 67.6 Å². The molecule has 8 heteroatoms. The van der Waals surface area contributed by atoms with Gasteiger partial charge < -0.3 is 15.0 Å². The molecule has 0 saturated carbocycles. The molecule has 1 aliphatic rings. The van der Waals surface area contributed by atoms with E-state index in [1.165, 1.54) is 0 Å². The van der Waals surface area contributed by atoms with Crippen LogP contribution in [0.4, 0.5) is 5.69 Å². The van der Waals surface area contributed by atoms with Gasteiger partial charge in [-0.25, -0.2) is 8.42 Å². The lowest BCUT2D eigenvalue weighted by atomic mass is 10.0. The normalized spacial score (nSPS) is 15.7. The van der Waals surface area contributed by atoms with Gasteiger partial charge in [0.25, 0.3) is 0 Å². The molecule has 35 heavy (non-hydrogen) atoms. The molecular weight excluding hydrogens is 484 g/mol. The summed E-state index contributed by atoms with van der Waals surface area (Å²) in [5.41, 5.74) is 4.05. The van der Waals surface area contributed by atoms with E-state index in [4.69, 9.17) is 16.3 Å². The van der Waals surface area contributed by atoms with Crippen LogP contribution in [0.1, 0.15) is 29.5 Å². The lowest BCUT2D eigenvalue weighted by Crippen LogP contribution is -2.45. The van der Waals surface area contributed by atoms with Crippen LogP contribution in [0.2, 0.25) is 5.02 Å². The maximum Gasteiger partial charge on any atom is 0.243 e. The third kappa shape index (κ3) is 5.80. The molecule has 1 heterocycles. The van der Waals surface area contributed by atoms with Gasteiger partial charge in [-0.3, -0.25) is 4.79 Å². The van der Waals surface area contributed by atoms with Gasteiger partial charge in [-0.2, -0.15) is 0 Å². The van der Waals surface area contributed by atoms with Gasteiger partial charge in [0.05, 0.1) is 17.0 Å². The molecule has 4 rings (SSSR count). The van der Waals surface area contributed by atoms with Crippen molar-refractivity contribution in [2.75, 3.05) is 24.4 Å². The summed E-state index contributed by atoms with van der Waals surface area (Å²) in [6.07, 6.45) is 2.16. The first-order valence-corrected chi connectivity index (χ1v) is 13.6. The number of amides is 1. The van der Waals surface area contributed by atoms with Crippen LogP contribution in [0.3, 0.4) is 0 Å². The average molecular weight is 513 g/mol. The Labute approximate surface area is 211 Å². The van der Waals surface area contributed by atoms with E-state index in [9.17, 15) is 13.2 Å². The number of benzene rings is 3. The molecule has 1 aliphatic heterocycles. The molecule has 1 unspecified atom stereocenters. The number of para-hydroxylation sites is 1. The minimum absolute atomic E-state index is 0.204. The Morgan fingerprint density at radius 1 is 1.11 bits per heavy atom. The lowest BCUT2D eigenvalue weighted by molar-refractivity contribution is -0.121. The average Bonchev–Trinajstić information content (AvgIpc) is 3.33. The maximum atomic E-state index is 13.1. The highest BCUT2D eigenvalue weighted by atomic mass is 35.5. The summed E-state index contributed by atoms with van der Waals surface area (Å²) in [5, 5.41) is 3.22. The van der Waals surface area contributed by atoms with E-state index in [1.807, 2.05) is 49.4 Å². The Bertz CT molecular complexity index is 1310. The molecule has 3 aromatic carbocycles. The van der Waals surface area contributed by atoms with Gasteiger partial charge in [0.2, 0.25) is 5.91 Å².